The van der Waals surface area contributed by atoms with E-state index in [2.05, 4.69) is 0 Å². The van der Waals surface area contributed by atoms with Crippen molar-refractivity contribution in [3.63, 3.8) is 0 Å². The average molecular weight is 593 g/mol. The van der Waals surface area contributed by atoms with Crippen LogP contribution in [-0.4, -0.2) is 65.8 Å². The van der Waals surface area contributed by atoms with E-state index < -0.39 is 10.1 Å². The molecule has 10 heteroatoms. The molecule has 1 aliphatic rings. The van der Waals surface area contributed by atoms with Crippen LogP contribution in [-0.2, 0) is 30.9 Å². The SMILES string of the molecule is O=S(=O)(O)c1ccccc1C[n+]1ccc(/C=C/c2ccc3c(c2)OCCOCCOCCOCCO3)c2ccccc21. The predicted octanol–water partition coefficient (Wildman–Crippen LogP) is 4.41. The van der Waals surface area contributed by atoms with Crippen LogP contribution in [0.5, 0.6) is 11.5 Å². The molecule has 0 bridgehead atoms. The summed E-state index contributed by atoms with van der Waals surface area (Å²) < 4.78 is 64.0. The maximum absolute atomic E-state index is 11.9. The van der Waals surface area contributed by atoms with E-state index in [-0.39, 0.29) is 11.4 Å². The van der Waals surface area contributed by atoms with Crippen LogP contribution >= 0.6 is 0 Å². The number of rotatable bonds is 5. The second-order valence-electron chi connectivity index (χ2n) is 9.57. The molecule has 1 aromatic heterocycles. The van der Waals surface area contributed by atoms with Gasteiger partial charge in [-0.3, -0.25) is 4.55 Å². The molecular formula is C32H34NO8S+. The fourth-order valence-corrected chi connectivity index (χ4v) is 5.39. The third-order valence-electron chi connectivity index (χ3n) is 6.69. The molecule has 42 heavy (non-hydrogen) atoms. The first-order valence-corrected chi connectivity index (χ1v) is 15.2. The summed E-state index contributed by atoms with van der Waals surface area (Å²) >= 11 is 0. The van der Waals surface area contributed by atoms with Gasteiger partial charge in [0.1, 0.15) is 18.1 Å². The zero-order valence-electron chi connectivity index (χ0n) is 23.2. The third-order valence-corrected chi connectivity index (χ3v) is 7.64. The quantitative estimate of drug-likeness (QED) is 0.269. The first-order chi connectivity index (χ1) is 20.5. The molecule has 0 aliphatic carbocycles. The number of fused-ring (bicyclic) bond motifs is 2. The van der Waals surface area contributed by atoms with Crippen LogP contribution < -0.4 is 14.0 Å². The Morgan fingerprint density at radius 3 is 2.10 bits per heavy atom. The Kier molecular flexibility index (Phi) is 10.2. The highest BCUT2D eigenvalue weighted by atomic mass is 32.2. The van der Waals surface area contributed by atoms with Gasteiger partial charge in [-0.2, -0.15) is 13.0 Å². The molecule has 4 aromatic rings. The van der Waals surface area contributed by atoms with Crippen LogP contribution in [0.25, 0.3) is 23.1 Å². The van der Waals surface area contributed by atoms with Gasteiger partial charge >= 0.3 is 0 Å². The average Bonchev–Trinajstić information content (AvgIpc) is 3.00. The molecule has 5 rings (SSSR count). The summed E-state index contributed by atoms with van der Waals surface area (Å²) in [5, 5.41) is 0.996. The minimum absolute atomic E-state index is 0.0946. The van der Waals surface area contributed by atoms with E-state index in [0.29, 0.717) is 69.9 Å². The van der Waals surface area contributed by atoms with Gasteiger partial charge in [0.15, 0.2) is 24.2 Å². The molecule has 9 nitrogen and oxygen atoms in total. The third kappa shape index (κ3) is 7.93. The normalized spacial score (nSPS) is 15.7. The number of pyridine rings is 1. The van der Waals surface area contributed by atoms with Crippen LogP contribution in [0.1, 0.15) is 16.7 Å². The van der Waals surface area contributed by atoms with Gasteiger partial charge in [0.2, 0.25) is 5.52 Å². The Hall–Kier alpha value is -3.80. The molecule has 3 aromatic carbocycles. The van der Waals surface area contributed by atoms with Crippen molar-refractivity contribution >= 4 is 33.2 Å². The summed E-state index contributed by atoms with van der Waals surface area (Å²) in [5.74, 6) is 1.26. The number of aromatic nitrogens is 1. The van der Waals surface area contributed by atoms with Gasteiger partial charge in [-0.05, 0) is 35.4 Å². The molecule has 220 valence electrons. The van der Waals surface area contributed by atoms with Crippen molar-refractivity contribution in [1.29, 1.82) is 0 Å². The first kappa shape index (κ1) is 29.7. The predicted molar refractivity (Wildman–Crippen MR) is 158 cm³/mol. The standard InChI is InChI=1S/C32H33NO8S/c34-42(35,36)32-8-4-1-5-27(32)24-33-14-13-26(28-6-2-3-7-29(28)33)11-9-25-10-12-30-31(23-25)41-22-20-39-18-16-37-15-17-38-19-21-40-30/h1-14,23H,15-22,24H2/p+1/b11-9+. The Labute approximate surface area is 245 Å². The van der Waals surface area contributed by atoms with E-state index in [1.54, 1.807) is 18.2 Å². The highest BCUT2D eigenvalue weighted by Gasteiger charge is 2.19. The lowest BCUT2D eigenvalue weighted by molar-refractivity contribution is -0.662. The maximum atomic E-state index is 11.9. The first-order valence-electron chi connectivity index (χ1n) is 13.8. The van der Waals surface area contributed by atoms with Crippen LogP contribution in [0.15, 0.2) is 83.9 Å². The highest BCUT2D eigenvalue weighted by Crippen LogP contribution is 2.30. The monoisotopic (exact) mass is 592 g/mol. The lowest BCUT2D eigenvalue weighted by atomic mass is 10.1. The largest absolute Gasteiger partial charge is 0.487 e. The van der Waals surface area contributed by atoms with Crippen molar-refractivity contribution in [3.8, 4) is 11.5 Å². The van der Waals surface area contributed by atoms with Crippen molar-refractivity contribution in [2.75, 3.05) is 52.9 Å². The molecule has 1 N–H and O–H groups in total. The summed E-state index contributed by atoms with van der Waals surface area (Å²) in [6.07, 6.45) is 5.96. The molecular weight excluding hydrogens is 558 g/mol. The fraction of sp³-hybridized carbons (Fsp3) is 0.281. The minimum Gasteiger partial charge on any atom is -0.487 e. The zero-order valence-corrected chi connectivity index (χ0v) is 24.0. The van der Waals surface area contributed by atoms with Gasteiger partial charge in [-0.1, -0.05) is 48.6 Å². The van der Waals surface area contributed by atoms with Gasteiger partial charge in [-0.25, -0.2) is 0 Å². The number of nitrogens with zero attached hydrogens (tertiary/aromatic N) is 1. The summed E-state index contributed by atoms with van der Waals surface area (Å²) in [7, 11) is -4.34. The zero-order chi connectivity index (χ0) is 29.2. The number of benzene rings is 3. The number of hydrogen-bond donors (Lipinski definition) is 1. The number of ether oxygens (including phenoxy) is 5. The summed E-state index contributed by atoms with van der Waals surface area (Å²) in [4.78, 5) is -0.0946. The molecule has 1 aliphatic heterocycles. The number of para-hydroxylation sites is 1. The van der Waals surface area contributed by atoms with E-state index in [0.717, 1.165) is 22.0 Å². The Morgan fingerprint density at radius 2 is 1.36 bits per heavy atom. The van der Waals surface area contributed by atoms with E-state index in [1.807, 2.05) is 71.4 Å². The van der Waals surface area contributed by atoms with Crippen molar-refractivity contribution in [1.82, 2.24) is 0 Å². The molecule has 0 amide bonds. The van der Waals surface area contributed by atoms with Gasteiger partial charge in [0.05, 0.1) is 45.0 Å². The van der Waals surface area contributed by atoms with Gasteiger partial charge in [-0.15, -0.1) is 0 Å². The molecule has 0 spiro atoms. The van der Waals surface area contributed by atoms with Crippen molar-refractivity contribution in [2.24, 2.45) is 0 Å². The molecule has 2 heterocycles. The Morgan fingerprint density at radius 1 is 0.714 bits per heavy atom. The highest BCUT2D eigenvalue weighted by molar-refractivity contribution is 7.85. The Balaban J connectivity index is 1.38. The Bertz CT molecular complexity index is 1640. The minimum atomic E-state index is -4.34. The summed E-state index contributed by atoms with van der Waals surface area (Å²) in [6, 6.07) is 22.2. The maximum Gasteiger partial charge on any atom is 0.295 e. The smallest absolute Gasteiger partial charge is 0.295 e. The van der Waals surface area contributed by atoms with E-state index in [4.69, 9.17) is 23.7 Å². The van der Waals surface area contributed by atoms with Crippen molar-refractivity contribution < 1.29 is 41.2 Å². The van der Waals surface area contributed by atoms with Crippen molar-refractivity contribution in [3.05, 3.63) is 95.7 Å². The van der Waals surface area contributed by atoms with Gasteiger partial charge in [0.25, 0.3) is 10.1 Å². The van der Waals surface area contributed by atoms with Gasteiger partial charge in [0, 0.05) is 17.7 Å². The molecule has 0 saturated heterocycles. The molecule has 0 saturated carbocycles. The lowest BCUT2D eigenvalue weighted by Gasteiger charge is -2.13. The van der Waals surface area contributed by atoms with E-state index >= 15 is 0 Å². The van der Waals surface area contributed by atoms with Crippen LogP contribution in [0.2, 0.25) is 0 Å². The van der Waals surface area contributed by atoms with Crippen molar-refractivity contribution in [2.45, 2.75) is 11.4 Å². The van der Waals surface area contributed by atoms with E-state index in [1.165, 1.54) is 6.07 Å². The second-order valence-corrected chi connectivity index (χ2v) is 11.0. The fourth-order valence-electron chi connectivity index (χ4n) is 4.67. The van der Waals surface area contributed by atoms with Crippen LogP contribution in [0, 0.1) is 0 Å². The van der Waals surface area contributed by atoms with E-state index in [9.17, 15) is 13.0 Å². The van der Waals surface area contributed by atoms with Crippen LogP contribution in [0.3, 0.4) is 0 Å². The molecule has 0 radical (unpaired) electrons. The summed E-state index contributed by atoms with van der Waals surface area (Å²) in [6.45, 7) is 3.97. The topological polar surface area (TPSA) is 104 Å². The van der Waals surface area contributed by atoms with Crippen LogP contribution in [0.4, 0.5) is 0 Å². The summed E-state index contributed by atoms with van der Waals surface area (Å²) in [5.41, 5.74) is 3.36. The molecule has 0 unspecified atom stereocenters. The van der Waals surface area contributed by atoms with Gasteiger partial charge < -0.3 is 23.7 Å². The lowest BCUT2D eigenvalue weighted by Crippen LogP contribution is -2.35. The number of hydrogen-bond acceptors (Lipinski definition) is 7. The molecule has 0 fully saturated rings. The second kappa shape index (κ2) is 14.4. The molecule has 0 atom stereocenters.